The summed E-state index contributed by atoms with van der Waals surface area (Å²) in [7, 11) is 0. The number of rotatable bonds is 3. The highest BCUT2D eigenvalue weighted by molar-refractivity contribution is 7.09. The van der Waals surface area contributed by atoms with Gasteiger partial charge in [-0.1, -0.05) is 0 Å². The molecule has 1 atom stereocenters. The Labute approximate surface area is 137 Å². The SMILES string of the molecule is Cc1nc(CNC2CCCN(C(=O)OC(C)(C)C)CC2)cs1. The smallest absolute Gasteiger partial charge is 0.410 e. The Hall–Kier alpha value is -1.14. The molecule has 0 bridgehead atoms. The van der Waals surface area contributed by atoms with Gasteiger partial charge in [-0.25, -0.2) is 9.78 Å². The minimum absolute atomic E-state index is 0.191. The van der Waals surface area contributed by atoms with Crippen LogP contribution >= 0.6 is 11.3 Å². The first-order valence-corrected chi connectivity index (χ1v) is 8.84. The highest BCUT2D eigenvalue weighted by atomic mass is 32.1. The zero-order chi connectivity index (χ0) is 16.2. The minimum atomic E-state index is -0.427. The Morgan fingerprint density at radius 1 is 1.45 bits per heavy atom. The average Bonchev–Trinajstić information content (AvgIpc) is 2.69. The molecule has 1 saturated heterocycles. The highest BCUT2D eigenvalue weighted by Crippen LogP contribution is 2.16. The van der Waals surface area contributed by atoms with Crippen LogP contribution in [0.25, 0.3) is 0 Å². The van der Waals surface area contributed by atoms with Gasteiger partial charge in [-0.2, -0.15) is 0 Å². The molecule has 0 aliphatic carbocycles. The number of nitrogens with zero attached hydrogens (tertiary/aromatic N) is 2. The van der Waals surface area contributed by atoms with Gasteiger partial charge in [0.05, 0.1) is 10.7 Å². The first-order chi connectivity index (χ1) is 10.3. The maximum atomic E-state index is 12.1. The molecule has 1 amide bonds. The van der Waals surface area contributed by atoms with Crippen molar-refractivity contribution in [3.63, 3.8) is 0 Å². The first-order valence-electron chi connectivity index (χ1n) is 7.96. The Bertz CT molecular complexity index is 496. The molecule has 0 aromatic carbocycles. The molecule has 124 valence electrons. The van der Waals surface area contributed by atoms with Gasteiger partial charge in [0.15, 0.2) is 0 Å². The lowest BCUT2D eigenvalue weighted by atomic mass is 10.1. The third kappa shape index (κ3) is 5.57. The zero-order valence-electron chi connectivity index (χ0n) is 14.0. The summed E-state index contributed by atoms with van der Waals surface area (Å²) in [5.74, 6) is 0. The normalized spacial score (nSPS) is 19.8. The van der Waals surface area contributed by atoms with Crippen LogP contribution < -0.4 is 5.32 Å². The fourth-order valence-corrected chi connectivity index (χ4v) is 3.16. The molecule has 1 aromatic heterocycles. The predicted molar refractivity (Wildman–Crippen MR) is 89.1 cm³/mol. The van der Waals surface area contributed by atoms with Crippen LogP contribution in [0.2, 0.25) is 0 Å². The van der Waals surface area contributed by atoms with Gasteiger partial charge in [0.1, 0.15) is 5.60 Å². The van der Waals surface area contributed by atoms with Crippen LogP contribution in [0.15, 0.2) is 5.38 Å². The van der Waals surface area contributed by atoms with E-state index >= 15 is 0 Å². The Morgan fingerprint density at radius 2 is 2.23 bits per heavy atom. The van der Waals surface area contributed by atoms with Crippen LogP contribution in [-0.4, -0.2) is 40.7 Å². The molecule has 2 rings (SSSR count). The summed E-state index contributed by atoms with van der Waals surface area (Å²) in [6, 6.07) is 0.439. The van der Waals surface area contributed by atoms with E-state index in [-0.39, 0.29) is 6.09 Å². The molecule has 0 saturated carbocycles. The predicted octanol–water partition coefficient (Wildman–Crippen LogP) is 3.33. The fraction of sp³-hybridized carbons (Fsp3) is 0.750. The maximum absolute atomic E-state index is 12.1. The first kappa shape index (κ1) is 17.2. The van der Waals surface area contributed by atoms with Gasteiger partial charge >= 0.3 is 6.09 Å². The van der Waals surface area contributed by atoms with Crippen molar-refractivity contribution < 1.29 is 9.53 Å². The van der Waals surface area contributed by atoms with Crippen LogP contribution in [0.5, 0.6) is 0 Å². The summed E-state index contributed by atoms with van der Waals surface area (Å²) in [4.78, 5) is 18.4. The molecule has 0 spiro atoms. The molecular formula is C16H27N3O2S. The summed E-state index contributed by atoms with van der Waals surface area (Å²) < 4.78 is 5.46. The number of thiazole rings is 1. The van der Waals surface area contributed by atoms with Gasteiger partial charge in [-0.3, -0.25) is 0 Å². The molecule has 1 N–H and O–H groups in total. The Balaban J connectivity index is 1.78. The second-order valence-corrected chi connectivity index (χ2v) is 7.90. The van der Waals surface area contributed by atoms with Crippen molar-refractivity contribution in [3.05, 3.63) is 16.1 Å². The van der Waals surface area contributed by atoms with Crippen molar-refractivity contribution in [1.82, 2.24) is 15.2 Å². The molecule has 0 radical (unpaired) electrons. The average molecular weight is 325 g/mol. The molecular weight excluding hydrogens is 298 g/mol. The second-order valence-electron chi connectivity index (χ2n) is 6.83. The molecule has 1 aromatic rings. The van der Waals surface area contributed by atoms with Crippen molar-refractivity contribution in [3.8, 4) is 0 Å². The molecule has 1 unspecified atom stereocenters. The van der Waals surface area contributed by atoms with E-state index in [4.69, 9.17) is 4.74 Å². The maximum Gasteiger partial charge on any atom is 0.410 e. The van der Waals surface area contributed by atoms with E-state index in [1.54, 1.807) is 11.3 Å². The van der Waals surface area contributed by atoms with Crippen molar-refractivity contribution in [2.75, 3.05) is 13.1 Å². The summed E-state index contributed by atoms with van der Waals surface area (Å²) in [6.45, 7) is 10.1. The lowest BCUT2D eigenvalue weighted by Gasteiger charge is -2.26. The molecule has 2 heterocycles. The number of aryl methyl sites for hydroxylation is 1. The standard InChI is InChI=1S/C16H27N3O2S/c1-12-18-14(11-22-12)10-17-13-6-5-8-19(9-7-13)15(20)21-16(2,3)4/h11,13,17H,5-10H2,1-4H3. The number of nitrogens with one attached hydrogen (secondary N) is 1. The van der Waals surface area contributed by atoms with Crippen molar-refractivity contribution in [2.45, 2.75) is 65.1 Å². The molecule has 1 aliphatic rings. The van der Waals surface area contributed by atoms with Crippen molar-refractivity contribution in [2.24, 2.45) is 0 Å². The molecule has 5 nitrogen and oxygen atoms in total. The fourth-order valence-electron chi connectivity index (χ4n) is 2.55. The van der Waals surface area contributed by atoms with Gasteiger partial charge < -0.3 is 15.0 Å². The van der Waals surface area contributed by atoms with E-state index in [1.807, 2.05) is 32.6 Å². The second kappa shape index (κ2) is 7.42. The third-order valence-corrected chi connectivity index (χ3v) is 4.44. The van der Waals surface area contributed by atoms with E-state index in [2.05, 4.69) is 15.7 Å². The highest BCUT2D eigenvalue weighted by Gasteiger charge is 2.25. The van der Waals surface area contributed by atoms with E-state index < -0.39 is 5.60 Å². The van der Waals surface area contributed by atoms with Crippen LogP contribution in [0.3, 0.4) is 0 Å². The van der Waals surface area contributed by atoms with Gasteiger partial charge in [-0.15, -0.1) is 11.3 Å². The topological polar surface area (TPSA) is 54.5 Å². The van der Waals surface area contributed by atoms with Crippen LogP contribution in [-0.2, 0) is 11.3 Å². The van der Waals surface area contributed by atoms with Crippen LogP contribution in [0, 0.1) is 6.92 Å². The molecule has 1 fully saturated rings. The quantitative estimate of drug-likeness (QED) is 0.926. The Morgan fingerprint density at radius 3 is 2.86 bits per heavy atom. The number of hydrogen-bond donors (Lipinski definition) is 1. The molecule has 1 aliphatic heterocycles. The minimum Gasteiger partial charge on any atom is -0.444 e. The summed E-state index contributed by atoms with van der Waals surface area (Å²) in [6.07, 6.45) is 2.86. The molecule has 6 heteroatoms. The number of carbonyl (C=O) groups excluding carboxylic acids is 1. The van der Waals surface area contributed by atoms with Gasteiger partial charge in [0, 0.05) is 31.1 Å². The number of likely N-dealkylation sites (tertiary alicyclic amines) is 1. The van der Waals surface area contributed by atoms with Gasteiger partial charge in [-0.05, 0) is 47.0 Å². The Kier molecular flexibility index (Phi) is 5.81. The summed E-state index contributed by atoms with van der Waals surface area (Å²) >= 11 is 1.68. The van der Waals surface area contributed by atoms with Crippen molar-refractivity contribution in [1.29, 1.82) is 0 Å². The van der Waals surface area contributed by atoms with Crippen LogP contribution in [0.1, 0.15) is 50.7 Å². The van der Waals surface area contributed by atoms with Gasteiger partial charge in [0.2, 0.25) is 0 Å². The summed E-state index contributed by atoms with van der Waals surface area (Å²) in [5.41, 5.74) is 0.680. The number of ether oxygens (including phenoxy) is 1. The van der Waals surface area contributed by atoms with Gasteiger partial charge in [0.25, 0.3) is 0 Å². The van der Waals surface area contributed by atoms with Crippen molar-refractivity contribution >= 4 is 17.4 Å². The van der Waals surface area contributed by atoms with E-state index in [0.29, 0.717) is 6.04 Å². The monoisotopic (exact) mass is 325 g/mol. The largest absolute Gasteiger partial charge is 0.444 e. The number of hydrogen-bond acceptors (Lipinski definition) is 5. The van der Waals surface area contributed by atoms with E-state index in [9.17, 15) is 4.79 Å². The lowest BCUT2D eigenvalue weighted by Crippen LogP contribution is -2.38. The third-order valence-electron chi connectivity index (χ3n) is 3.62. The van der Waals surface area contributed by atoms with E-state index in [0.717, 1.165) is 49.6 Å². The summed E-state index contributed by atoms with van der Waals surface area (Å²) in [5, 5.41) is 6.77. The number of amides is 1. The zero-order valence-corrected chi connectivity index (χ0v) is 14.8. The molecule has 22 heavy (non-hydrogen) atoms. The lowest BCUT2D eigenvalue weighted by molar-refractivity contribution is 0.0256. The number of carbonyl (C=O) groups is 1. The number of aromatic nitrogens is 1. The van der Waals surface area contributed by atoms with Crippen LogP contribution in [0.4, 0.5) is 4.79 Å². The van der Waals surface area contributed by atoms with E-state index in [1.165, 1.54) is 0 Å².